The SMILES string of the molecule is CC(C)Nc1cc(Cl)ccc1O. The Labute approximate surface area is 77.2 Å². The molecule has 0 amide bonds. The summed E-state index contributed by atoms with van der Waals surface area (Å²) < 4.78 is 0. The first-order valence-corrected chi connectivity index (χ1v) is 4.22. The molecule has 0 saturated heterocycles. The maximum absolute atomic E-state index is 9.36. The number of hydrogen-bond donors (Lipinski definition) is 2. The molecular weight excluding hydrogens is 174 g/mol. The van der Waals surface area contributed by atoms with Crippen molar-refractivity contribution in [2.75, 3.05) is 5.32 Å². The highest BCUT2D eigenvalue weighted by Crippen LogP contribution is 2.26. The number of aromatic hydroxyl groups is 1. The zero-order chi connectivity index (χ0) is 9.14. The number of benzene rings is 1. The molecule has 0 spiro atoms. The number of nitrogens with one attached hydrogen (secondary N) is 1. The molecule has 3 heteroatoms. The minimum Gasteiger partial charge on any atom is -0.506 e. The minimum atomic E-state index is 0.230. The molecule has 0 unspecified atom stereocenters. The first-order valence-electron chi connectivity index (χ1n) is 3.84. The number of rotatable bonds is 2. The van der Waals surface area contributed by atoms with E-state index in [1.807, 2.05) is 13.8 Å². The molecule has 0 bridgehead atoms. The molecule has 0 fully saturated rings. The van der Waals surface area contributed by atoms with Gasteiger partial charge in [0.05, 0.1) is 5.69 Å². The summed E-state index contributed by atoms with van der Waals surface area (Å²) in [6.07, 6.45) is 0. The zero-order valence-electron chi connectivity index (χ0n) is 7.13. The maximum Gasteiger partial charge on any atom is 0.138 e. The van der Waals surface area contributed by atoms with Crippen molar-refractivity contribution in [3.05, 3.63) is 23.2 Å². The van der Waals surface area contributed by atoms with Crippen molar-refractivity contribution in [3.63, 3.8) is 0 Å². The number of hydrogen-bond acceptors (Lipinski definition) is 2. The predicted molar refractivity (Wildman–Crippen MR) is 51.9 cm³/mol. The van der Waals surface area contributed by atoms with Crippen LogP contribution in [0, 0.1) is 0 Å². The van der Waals surface area contributed by atoms with Crippen molar-refractivity contribution in [2.45, 2.75) is 19.9 Å². The standard InChI is InChI=1S/C9H12ClNO/c1-6(2)11-8-5-7(10)3-4-9(8)12/h3-6,11-12H,1-2H3. The van der Waals surface area contributed by atoms with Crippen LogP contribution in [0.15, 0.2) is 18.2 Å². The average molecular weight is 186 g/mol. The van der Waals surface area contributed by atoms with Gasteiger partial charge in [-0.25, -0.2) is 0 Å². The van der Waals surface area contributed by atoms with E-state index in [4.69, 9.17) is 11.6 Å². The van der Waals surface area contributed by atoms with E-state index in [1.54, 1.807) is 18.2 Å². The summed E-state index contributed by atoms with van der Waals surface area (Å²) >= 11 is 5.75. The summed E-state index contributed by atoms with van der Waals surface area (Å²) in [4.78, 5) is 0. The highest BCUT2D eigenvalue weighted by atomic mass is 35.5. The fraction of sp³-hybridized carbons (Fsp3) is 0.333. The lowest BCUT2D eigenvalue weighted by Crippen LogP contribution is -2.09. The molecule has 12 heavy (non-hydrogen) atoms. The van der Waals surface area contributed by atoms with Crippen molar-refractivity contribution in [3.8, 4) is 5.75 Å². The van der Waals surface area contributed by atoms with Gasteiger partial charge in [-0.2, -0.15) is 0 Å². The van der Waals surface area contributed by atoms with Gasteiger partial charge in [-0.1, -0.05) is 11.6 Å². The van der Waals surface area contributed by atoms with Gasteiger partial charge in [0.2, 0.25) is 0 Å². The highest BCUT2D eigenvalue weighted by molar-refractivity contribution is 6.30. The van der Waals surface area contributed by atoms with Crippen molar-refractivity contribution in [1.82, 2.24) is 0 Å². The highest BCUT2D eigenvalue weighted by Gasteiger charge is 2.01. The average Bonchev–Trinajstić information content (AvgIpc) is 1.96. The molecule has 2 nitrogen and oxygen atoms in total. The van der Waals surface area contributed by atoms with Crippen LogP contribution in [0.3, 0.4) is 0 Å². The second-order valence-electron chi connectivity index (χ2n) is 2.96. The van der Waals surface area contributed by atoms with Gasteiger partial charge in [0.25, 0.3) is 0 Å². The second kappa shape index (κ2) is 3.68. The molecule has 0 aromatic heterocycles. The van der Waals surface area contributed by atoms with Gasteiger partial charge in [-0.15, -0.1) is 0 Å². The number of anilines is 1. The third kappa shape index (κ3) is 2.31. The number of halogens is 1. The molecule has 0 aliphatic carbocycles. The first kappa shape index (κ1) is 9.20. The number of phenolic OH excluding ortho intramolecular Hbond substituents is 1. The molecule has 2 N–H and O–H groups in total. The van der Waals surface area contributed by atoms with Crippen LogP contribution >= 0.6 is 11.6 Å². The molecule has 0 radical (unpaired) electrons. The Kier molecular flexibility index (Phi) is 2.82. The van der Waals surface area contributed by atoms with Crippen LogP contribution in [0.4, 0.5) is 5.69 Å². The van der Waals surface area contributed by atoms with E-state index >= 15 is 0 Å². The molecule has 1 rings (SSSR count). The van der Waals surface area contributed by atoms with Crippen LogP contribution in [-0.2, 0) is 0 Å². The van der Waals surface area contributed by atoms with Crippen molar-refractivity contribution in [2.24, 2.45) is 0 Å². The van der Waals surface area contributed by atoms with Crippen molar-refractivity contribution < 1.29 is 5.11 Å². The van der Waals surface area contributed by atoms with Crippen LogP contribution in [0.5, 0.6) is 5.75 Å². The number of phenols is 1. The molecule has 0 aliphatic heterocycles. The Balaban J connectivity index is 2.90. The van der Waals surface area contributed by atoms with Crippen LogP contribution < -0.4 is 5.32 Å². The third-order valence-corrected chi connectivity index (χ3v) is 1.64. The summed E-state index contributed by atoms with van der Waals surface area (Å²) in [6, 6.07) is 5.22. The summed E-state index contributed by atoms with van der Waals surface area (Å²) in [6.45, 7) is 4.00. The molecule has 1 aromatic rings. The Bertz CT molecular complexity index is 273. The molecule has 0 aliphatic rings. The van der Waals surface area contributed by atoms with Crippen molar-refractivity contribution >= 4 is 17.3 Å². The molecule has 0 heterocycles. The van der Waals surface area contributed by atoms with E-state index in [0.717, 1.165) is 0 Å². The summed E-state index contributed by atoms with van der Waals surface area (Å²) in [7, 11) is 0. The van der Waals surface area contributed by atoms with Crippen LogP contribution in [-0.4, -0.2) is 11.1 Å². The molecular formula is C9H12ClNO. The first-order chi connectivity index (χ1) is 5.59. The quantitative estimate of drug-likeness (QED) is 0.695. The van der Waals surface area contributed by atoms with Crippen molar-refractivity contribution in [1.29, 1.82) is 0 Å². The maximum atomic E-state index is 9.36. The fourth-order valence-corrected chi connectivity index (χ4v) is 1.11. The van der Waals surface area contributed by atoms with E-state index < -0.39 is 0 Å². The van der Waals surface area contributed by atoms with Gasteiger partial charge >= 0.3 is 0 Å². The summed E-state index contributed by atoms with van der Waals surface area (Å²) in [5.41, 5.74) is 0.678. The van der Waals surface area contributed by atoms with Gasteiger partial charge in [0.1, 0.15) is 5.75 Å². The second-order valence-corrected chi connectivity index (χ2v) is 3.40. The molecule has 0 saturated carbocycles. The van der Waals surface area contributed by atoms with E-state index in [2.05, 4.69) is 5.32 Å². The van der Waals surface area contributed by atoms with Gasteiger partial charge in [0, 0.05) is 11.1 Å². The summed E-state index contributed by atoms with van der Waals surface area (Å²) in [5, 5.41) is 13.1. The van der Waals surface area contributed by atoms with E-state index in [1.165, 1.54) is 0 Å². The van der Waals surface area contributed by atoms with Gasteiger partial charge in [-0.05, 0) is 32.0 Å². The minimum absolute atomic E-state index is 0.230. The largest absolute Gasteiger partial charge is 0.506 e. The zero-order valence-corrected chi connectivity index (χ0v) is 7.89. The fourth-order valence-electron chi connectivity index (χ4n) is 0.935. The lowest BCUT2D eigenvalue weighted by Gasteiger charge is -2.11. The van der Waals surface area contributed by atoms with Crippen LogP contribution in [0.25, 0.3) is 0 Å². The predicted octanol–water partition coefficient (Wildman–Crippen LogP) is 2.87. The van der Waals surface area contributed by atoms with Crippen LogP contribution in [0.1, 0.15) is 13.8 Å². The Hall–Kier alpha value is -0.890. The Morgan fingerprint density at radius 1 is 1.42 bits per heavy atom. The third-order valence-electron chi connectivity index (χ3n) is 1.40. The van der Waals surface area contributed by atoms with Gasteiger partial charge in [-0.3, -0.25) is 0 Å². The molecule has 0 atom stereocenters. The Morgan fingerprint density at radius 3 is 2.67 bits per heavy atom. The van der Waals surface area contributed by atoms with E-state index in [9.17, 15) is 5.11 Å². The molecule has 1 aromatic carbocycles. The van der Waals surface area contributed by atoms with Gasteiger partial charge < -0.3 is 10.4 Å². The Morgan fingerprint density at radius 2 is 2.08 bits per heavy atom. The van der Waals surface area contributed by atoms with Gasteiger partial charge in [0.15, 0.2) is 0 Å². The van der Waals surface area contributed by atoms with E-state index in [-0.39, 0.29) is 11.8 Å². The smallest absolute Gasteiger partial charge is 0.138 e. The lowest BCUT2D eigenvalue weighted by atomic mass is 10.2. The topological polar surface area (TPSA) is 32.3 Å². The van der Waals surface area contributed by atoms with Crippen LogP contribution in [0.2, 0.25) is 5.02 Å². The molecule has 66 valence electrons. The normalized spacial score (nSPS) is 10.3. The summed E-state index contributed by atoms with van der Waals surface area (Å²) in [5.74, 6) is 0.230. The monoisotopic (exact) mass is 185 g/mol. The van der Waals surface area contributed by atoms with E-state index in [0.29, 0.717) is 10.7 Å². The lowest BCUT2D eigenvalue weighted by molar-refractivity contribution is 0.476.